The molecule has 1 fully saturated rings. The average Bonchev–Trinajstić information content (AvgIpc) is 3.04. The van der Waals surface area contributed by atoms with Gasteiger partial charge in [0.25, 0.3) is 5.22 Å². The molecule has 1 aliphatic carbocycles. The smallest absolute Gasteiger partial charge is 0.257 e. The molecule has 3 rings (SSSR count). The Morgan fingerprint density at radius 1 is 1.45 bits per heavy atom. The number of oxazole rings is 1. The highest BCUT2D eigenvalue weighted by atomic mass is 35.5. The van der Waals surface area contributed by atoms with Crippen LogP contribution in [0.4, 0.5) is 0 Å². The van der Waals surface area contributed by atoms with Crippen molar-refractivity contribution in [1.82, 2.24) is 10.3 Å². The quantitative estimate of drug-likeness (QED) is 0.876. The van der Waals surface area contributed by atoms with Crippen LogP contribution in [0.25, 0.3) is 11.1 Å². The van der Waals surface area contributed by atoms with E-state index in [4.69, 9.17) is 16.0 Å². The third kappa shape index (κ3) is 3.27. The fraction of sp³-hybridized carbons (Fsp3) is 0.429. The summed E-state index contributed by atoms with van der Waals surface area (Å²) in [5.41, 5.74) is 1.41. The zero-order chi connectivity index (χ0) is 13.9. The fourth-order valence-electron chi connectivity index (χ4n) is 2.41. The maximum absolute atomic E-state index is 11.8. The number of thioether (sulfide) groups is 1. The number of rotatable bonds is 4. The lowest BCUT2D eigenvalue weighted by molar-refractivity contribution is -0.119. The number of halogens is 1. The molecule has 1 heterocycles. The van der Waals surface area contributed by atoms with Gasteiger partial charge in [-0.1, -0.05) is 36.2 Å². The molecule has 0 spiro atoms. The van der Waals surface area contributed by atoms with Crippen LogP contribution in [0.3, 0.4) is 0 Å². The Bertz CT molecular complexity index is 623. The van der Waals surface area contributed by atoms with Crippen molar-refractivity contribution >= 4 is 40.4 Å². The first kappa shape index (κ1) is 13.8. The van der Waals surface area contributed by atoms with Crippen molar-refractivity contribution in [3.8, 4) is 0 Å². The Labute approximate surface area is 126 Å². The Morgan fingerprint density at radius 2 is 2.25 bits per heavy atom. The molecule has 2 aromatic rings. The van der Waals surface area contributed by atoms with E-state index < -0.39 is 0 Å². The van der Waals surface area contributed by atoms with Crippen molar-refractivity contribution in [3.63, 3.8) is 0 Å². The first-order valence-electron chi connectivity index (χ1n) is 6.69. The number of fused-ring (bicyclic) bond motifs is 1. The molecule has 4 nitrogen and oxygen atoms in total. The summed E-state index contributed by atoms with van der Waals surface area (Å²) in [5, 5.41) is 4.17. The molecule has 6 heteroatoms. The Balaban J connectivity index is 1.57. The van der Waals surface area contributed by atoms with Gasteiger partial charge in [-0.15, -0.1) is 0 Å². The lowest BCUT2D eigenvalue weighted by Gasteiger charge is -2.10. The normalized spacial score (nSPS) is 15.8. The van der Waals surface area contributed by atoms with E-state index in [2.05, 4.69) is 10.3 Å². The van der Waals surface area contributed by atoms with Gasteiger partial charge in [0.1, 0.15) is 5.52 Å². The Kier molecular flexibility index (Phi) is 4.17. The summed E-state index contributed by atoms with van der Waals surface area (Å²) in [5.74, 6) is 0.374. The second-order valence-corrected chi connectivity index (χ2v) is 6.29. The van der Waals surface area contributed by atoms with Crippen LogP contribution >= 0.6 is 23.4 Å². The molecule has 0 bridgehead atoms. The topological polar surface area (TPSA) is 55.1 Å². The second-order valence-electron chi connectivity index (χ2n) is 4.93. The molecule has 1 N–H and O–H groups in total. The highest BCUT2D eigenvalue weighted by molar-refractivity contribution is 7.99. The second kappa shape index (κ2) is 6.06. The molecule has 0 radical (unpaired) electrons. The van der Waals surface area contributed by atoms with Gasteiger partial charge in [-0.25, -0.2) is 4.98 Å². The molecule has 0 saturated heterocycles. The van der Waals surface area contributed by atoms with Crippen LogP contribution in [0, 0.1) is 0 Å². The Morgan fingerprint density at radius 3 is 3.05 bits per heavy atom. The Hall–Kier alpha value is -1.20. The highest BCUT2D eigenvalue weighted by Gasteiger charge is 2.17. The van der Waals surface area contributed by atoms with Crippen molar-refractivity contribution in [2.24, 2.45) is 0 Å². The number of amides is 1. The molecule has 0 aliphatic heterocycles. The third-order valence-electron chi connectivity index (χ3n) is 3.38. The van der Waals surface area contributed by atoms with Gasteiger partial charge in [0.05, 0.1) is 5.75 Å². The molecule has 1 aromatic heterocycles. The lowest BCUT2D eigenvalue weighted by atomic mass is 10.2. The van der Waals surface area contributed by atoms with Crippen LogP contribution in [0.15, 0.2) is 27.8 Å². The van der Waals surface area contributed by atoms with Crippen molar-refractivity contribution in [1.29, 1.82) is 0 Å². The fourth-order valence-corrected chi connectivity index (χ4v) is 3.22. The van der Waals surface area contributed by atoms with Crippen molar-refractivity contribution in [2.75, 3.05) is 5.75 Å². The van der Waals surface area contributed by atoms with Gasteiger partial charge in [-0.3, -0.25) is 4.79 Å². The number of hydrogen-bond acceptors (Lipinski definition) is 4. The molecule has 20 heavy (non-hydrogen) atoms. The van der Waals surface area contributed by atoms with Crippen molar-refractivity contribution in [3.05, 3.63) is 23.2 Å². The number of nitrogens with zero attached hydrogens (tertiary/aromatic N) is 1. The lowest BCUT2D eigenvalue weighted by Crippen LogP contribution is -2.33. The van der Waals surface area contributed by atoms with E-state index in [-0.39, 0.29) is 5.91 Å². The van der Waals surface area contributed by atoms with E-state index in [0.717, 1.165) is 18.4 Å². The van der Waals surface area contributed by atoms with E-state index in [1.165, 1.54) is 24.6 Å². The van der Waals surface area contributed by atoms with Gasteiger partial charge in [0, 0.05) is 11.1 Å². The minimum absolute atomic E-state index is 0.0437. The van der Waals surface area contributed by atoms with E-state index in [1.807, 2.05) is 0 Å². The minimum Gasteiger partial charge on any atom is -0.431 e. The summed E-state index contributed by atoms with van der Waals surface area (Å²) in [6.45, 7) is 0. The van der Waals surface area contributed by atoms with Crippen LogP contribution in [0.2, 0.25) is 5.02 Å². The molecule has 106 valence electrons. The summed E-state index contributed by atoms with van der Waals surface area (Å²) in [6, 6.07) is 5.65. The van der Waals surface area contributed by atoms with Crippen LogP contribution in [0.5, 0.6) is 0 Å². The van der Waals surface area contributed by atoms with E-state index in [9.17, 15) is 4.79 Å². The molecule has 1 saturated carbocycles. The summed E-state index contributed by atoms with van der Waals surface area (Å²) in [4.78, 5) is 16.1. The summed E-state index contributed by atoms with van der Waals surface area (Å²) in [7, 11) is 0. The molecule has 0 atom stereocenters. The molecule has 1 amide bonds. The van der Waals surface area contributed by atoms with Gasteiger partial charge in [0.2, 0.25) is 5.91 Å². The van der Waals surface area contributed by atoms with Crippen LogP contribution in [-0.4, -0.2) is 22.7 Å². The molecule has 1 aliphatic rings. The maximum atomic E-state index is 11.8. The summed E-state index contributed by atoms with van der Waals surface area (Å²) >= 11 is 7.21. The zero-order valence-electron chi connectivity index (χ0n) is 10.9. The van der Waals surface area contributed by atoms with Gasteiger partial charge in [-0.05, 0) is 31.0 Å². The van der Waals surface area contributed by atoms with Crippen LogP contribution in [0.1, 0.15) is 25.7 Å². The van der Waals surface area contributed by atoms with E-state index in [1.54, 1.807) is 18.2 Å². The third-order valence-corrected chi connectivity index (χ3v) is 4.44. The molecular weight excluding hydrogens is 296 g/mol. The first-order chi connectivity index (χ1) is 9.70. The largest absolute Gasteiger partial charge is 0.431 e. The van der Waals surface area contributed by atoms with Gasteiger partial charge in [0.15, 0.2) is 5.58 Å². The van der Waals surface area contributed by atoms with Gasteiger partial charge >= 0.3 is 0 Å². The monoisotopic (exact) mass is 310 g/mol. The minimum atomic E-state index is 0.0437. The molecular formula is C14H15ClN2O2S. The summed E-state index contributed by atoms with van der Waals surface area (Å²) < 4.78 is 5.56. The first-order valence-corrected chi connectivity index (χ1v) is 8.05. The average molecular weight is 311 g/mol. The predicted octanol–water partition coefficient (Wildman–Crippen LogP) is 3.63. The number of aromatic nitrogens is 1. The number of carbonyl (C=O) groups excluding carboxylic acids is 1. The van der Waals surface area contributed by atoms with Crippen LogP contribution in [-0.2, 0) is 4.79 Å². The van der Waals surface area contributed by atoms with Crippen molar-refractivity contribution in [2.45, 2.75) is 36.9 Å². The highest BCUT2D eigenvalue weighted by Crippen LogP contribution is 2.25. The maximum Gasteiger partial charge on any atom is 0.257 e. The zero-order valence-corrected chi connectivity index (χ0v) is 12.5. The number of carbonyl (C=O) groups is 1. The van der Waals surface area contributed by atoms with E-state index >= 15 is 0 Å². The molecule has 1 aromatic carbocycles. The van der Waals surface area contributed by atoms with Gasteiger partial charge < -0.3 is 9.73 Å². The van der Waals surface area contributed by atoms with Gasteiger partial charge in [-0.2, -0.15) is 0 Å². The van der Waals surface area contributed by atoms with Crippen molar-refractivity contribution < 1.29 is 9.21 Å². The van der Waals surface area contributed by atoms with Crippen LogP contribution < -0.4 is 5.32 Å². The number of benzene rings is 1. The predicted molar refractivity (Wildman–Crippen MR) is 80.1 cm³/mol. The van der Waals surface area contributed by atoms with E-state index in [0.29, 0.717) is 27.6 Å². The molecule has 0 unspecified atom stereocenters. The summed E-state index contributed by atoms with van der Waals surface area (Å²) in [6.07, 6.45) is 4.61. The number of hydrogen-bond donors (Lipinski definition) is 1. The number of nitrogens with one attached hydrogen (secondary N) is 1. The SMILES string of the molecule is O=C(CSc1nc2cc(Cl)ccc2o1)NC1CCCC1. The standard InChI is InChI=1S/C14H15ClN2O2S/c15-9-5-6-12-11(7-9)17-14(19-12)20-8-13(18)16-10-3-1-2-4-10/h5-7,10H,1-4,8H2,(H,16,18).